The molecule has 1 heterocycles. The maximum Gasteiger partial charge on any atom is 0.191 e. The fraction of sp³-hybridized carbons (Fsp3) is 0.0833. The molecule has 0 fully saturated rings. The zero-order chi connectivity index (χ0) is 20.9. The molecule has 0 saturated heterocycles. The summed E-state index contributed by atoms with van der Waals surface area (Å²) < 4.78 is 5.27. The number of hydrogen-bond acceptors (Lipinski definition) is 3. The van der Waals surface area contributed by atoms with Crippen LogP contribution in [0.1, 0.15) is 11.1 Å². The van der Waals surface area contributed by atoms with Gasteiger partial charge in [-0.05, 0) is 67.2 Å². The number of aromatic amines is 1. The van der Waals surface area contributed by atoms with Gasteiger partial charge in [0.25, 0.3) is 0 Å². The number of hydrazone groups is 1. The van der Waals surface area contributed by atoms with Crippen molar-refractivity contribution in [3.05, 3.63) is 83.9 Å². The van der Waals surface area contributed by atoms with Crippen molar-refractivity contribution in [1.29, 1.82) is 0 Å². The normalized spacial score (nSPS) is 11.0. The van der Waals surface area contributed by atoms with Gasteiger partial charge >= 0.3 is 0 Å². The van der Waals surface area contributed by atoms with Crippen LogP contribution >= 0.6 is 12.2 Å². The third kappa shape index (κ3) is 4.34. The molecule has 0 atom stereocenters. The van der Waals surface area contributed by atoms with E-state index in [1.807, 2.05) is 67.6 Å². The lowest BCUT2D eigenvalue weighted by molar-refractivity contribution is 0.415. The molecule has 0 bridgehead atoms. The molecule has 0 radical (unpaired) electrons. The lowest BCUT2D eigenvalue weighted by Gasteiger charge is -2.07. The van der Waals surface area contributed by atoms with Crippen LogP contribution in [0, 0.1) is 6.92 Å². The minimum absolute atomic E-state index is 0.431. The Morgan fingerprint density at radius 1 is 1.00 bits per heavy atom. The zero-order valence-electron chi connectivity index (χ0n) is 16.8. The van der Waals surface area contributed by atoms with Crippen molar-refractivity contribution >= 4 is 40.1 Å². The predicted octanol–water partition coefficient (Wildman–Crippen LogP) is 5.47. The topological polar surface area (TPSA) is 61.4 Å². The molecular formula is C24H22N4OS. The molecule has 4 rings (SSSR count). The van der Waals surface area contributed by atoms with E-state index < -0.39 is 0 Å². The SMILES string of the molecule is COc1ccc(-c2[nH]c3ccccc3c2/C=N/NC(=S)Nc2ccc(C)cc2)cc1. The second-order valence-electron chi connectivity index (χ2n) is 6.88. The first-order chi connectivity index (χ1) is 14.6. The van der Waals surface area contributed by atoms with Crippen molar-refractivity contribution in [3.63, 3.8) is 0 Å². The second kappa shape index (κ2) is 8.80. The molecule has 0 unspecified atom stereocenters. The Bertz CT molecular complexity index is 1190. The lowest BCUT2D eigenvalue weighted by atomic mass is 10.1. The Hall–Kier alpha value is -3.64. The van der Waals surface area contributed by atoms with Gasteiger partial charge in [-0.2, -0.15) is 5.10 Å². The van der Waals surface area contributed by atoms with Gasteiger partial charge in [-0.3, -0.25) is 5.43 Å². The molecule has 0 aliphatic carbocycles. The highest BCUT2D eigenvalue weighted by Crippen LogP contribution is 2.30. The van der Waals surface area contributed by atoms with Crippen molar-refractivity contribution in [2.24, 2.45) is 5.10 Å². The zero-order valence-corrected chi connectivity index (χ0v) is 17.6. The van der Waals surface area contributed by atoms with Crippen LogP contribution in [0.2, 0.25) is 0 Å². The van der Waals surface area contributed by atoms with Crippen molar-refractivity contribution in [3.8, 4) is 17.0 Å². The predicted molar refractivity (Wildman–Crippen MR) is 128 cm³/mol. The van der Waals surface area contributed by atoms with Crippen molar-refractivity contribution in [2.75, 3.05) is 12.4 Å². The van der Waals surface area contributed by atoms with E-state index in [9.17, 15) is 0 Å². The molecule has 0 aliphatic heterocycles. The summed E-state index contributed by atoms with van der Waals surface area (Å²) in [6.07, 6.45) is 1.79. The number of anilines is 1. The third-order valence-corrected chi connectivity index (χ3v) is 4.99. The number of aryl methyl sites for hydroxylation is 1. The summed E-state index contributed by atoms with van der Waals surface area (Å²) in [4.78, 5) is 3.49. The van der Waals surface area contributed by atoms with Crippen LogP contribution in [0.4, 0.5) is 5.69 Å². The minimum atomic E-state index is 0.431. The first-order valence-corrected chi connectivity index (χ1v) is 9.97. The molecule has 0 saturated carbocycles. The number of fused-ring (bicyclic) bond motifs is 1. The van der Waals surface area contributed by atoms with Gasteiger partial charge in [0, 0.05) is 22.2 Å². The van der Waals surface area contributed by atoms with E-state index in [1.54, 1.807) is 13.3 Å². The molecule has 30 heavy (non-hydrogen) atoms. The van der Waals surface area contributed by atoms with Gasteiger partial charge in [-0.1, -0.05) is 35.9 Å². The number of nitrogens with zero attached hydrogens (tertiary/aromatic N) is 1. The van der Waals surface area contributed by atoms with Crippen molar-refractivity contribution in [1.82, 2.24) is 10.4 Å². The number of methoxy groups -OCH3 is 1. The summed E-state index contributed by atoms with van der Waals surface area (Å²) in [6, 6.07) is 24.1. The Morgan fingerprint density at radius 2 is 1.73 bits per heavy atom. The maximum absolute atomic E-state index is 5.36. The summed E-state index contributed by atoms with van der Waals surface area (Å²) in [5, 5.41) is 9.02. The maximum atomic E-state index is 5.36. The number of ether oxygens (including phenoxy) is 1. The van der Waals surface area contributed by atoms with Crippen LogP contribution in [0.15, 0.2) is 77.9 Å². The highest BCUT2D eigenvalue weighted by Gasteiger charge is 2.11. The average Bonchev–Trinajstić information content (AvgIpc) is 3.14. The number of nitrogens with one attached hydrogen (secondary N) is 3. The van der Waals surface area contributed by atoms with Crippen molar-refractivity contribution in [2.45, 2.75) is 6.92 Å². The van der Waals surface area contributed by atoms with Crippen LogP contribution in [-0.4, -0.2) is 23.4 Å². The van der Waals surface area contributed by atoms with E-state index in [0.29, 0.717) is 5.11 Å². The molecule has 0 aliphatic rings. The summed E-state index contributed by atoms with van der Waals surface area (Å²) in [6.45, 7) is 2.05. The molecule has 3 aromatic carbocycles. The average molecular weight is 415 g/mol. The quantitative estimate of drug-likeness (QED) is 0.230. The van der Waals surface area contributed by atoms with Crippen LogP contribution in [0.5, 0.6) is 5.75 Å². The van der Waals surface area contributed by atoms with Crippen LogP contribution in [0.3, 0.4) is 0 Å². The molecule has 150 valence electrons. The molecule has 6 heteroatoms. The van der Waals surface area contributed by atoms with Crippen LogP contribution < -0.4 is 15.5 Å². The lowest BCUT2D eigenvalue weighted by Crippen LogP contribution is -2.23. The number of thiocarbonyl (C=S) groups is 1. The highest BCUT2D eigenvalue weighted by molar-refractivity contribution is 7.80. The standard InChI is InChI=1S/C24H22N4OS/c1-16-7-11-18(12-8-16)26-24(30)28-25-15-21-20-5-3-4-6-22(20)27-23(21)17-9-13-19(29-2)14-10-17/h3-15,27H,1-2H3,(H2,26,28,30)/b25-15+. The van der Waals surface area contributed by atoms with Gasteiger partial charge in [-0.15, -0.1) is 0 Å². The minimum Gasteiger partial charge on any atom is -0.497 e. The first-order valence-electron chi connectivity index (χ1n) is 9.56. The number of aromatic nitrogens is 1. The number of hydrogen-bond donors (Lipinski definition) is 3. The smallest absolute Gasteiger partial charge is 0.191 e. The van der Waals surface area contributed by atoms with E-state index in [-0.39, 0.29) is 0 Å². The van der Waals surface area contributed by atoms with Gasteiger partial charge in [0.15, 0.2) is 5.11 Å². The number of benzene rings is 3. The molecular weight excluding hydrogens is 392 g/mol. The molecule has 1 aromatic heterocycles. The largest absolute Gasteiger partial charge is 0.497 e. The summed E-state index contributed by atoms with van der Waals surface area (Å²) in [5.41, 5.74) is 9.09. The fourth-order valence-corrected chi connectivity index (χ4v) is 3.41. The number of rotatable bonds is 5. The van der Waals surface area contributed by atoms with Gasteiger partial charge in [0.2, 0.25) is 0 Å². The molecule has 5 nitrogen and oxygen atoms in total. The monoisotopic (exact) mass is 414 g/mol. The first kappa shape index (κ1) is 19.7. The van der Waals surface area contributed by atoms with Gasteiger partial charge in [0.05, 0.1) is 19.0 Å². The highest BCUT2D eigenvalue weighted by atomic mass is 32.1. The Kier molecular flexibility index (Phi) is 5.77. The van der Waals surface area contributed by atoms with Gasteiger partial charge in [-0.25, -0.2) is 0 Å². The third-order valence-electron chi connectivity index (χ3n) is 4.79. The van der Waals surface area contributed by atoms with E-state index in [2.05, 4.69) is 33.0 Å². The number of para-hydroxylation sites is 1. The molecule has 4 aromatic rings. The summed E-state index contributed by atoms with van der Waals surface area (Å²) >= 11 is 5.36. The molecule has 0 spiro atoms. The fourth-order valence-electron chi connectivity index (χ4n) is 3.23. The Morgan fingerprint density at radius 3 is 2.47 bits per heavy atom. The van der Waals surface area contributed by atoms with Crippen LogP contribution in [0.25, 0.3) is 22.2 Å². The Labute approximate surface area is 180 Å². The van der Waals surface area contributed by atoms with E-state index in [0.717, 1.165) is 39.2 Å². The van der Waals surface area contributed by atoms with E-state index >= 15 is 0 Å². The van der Waals surface area contributed by atoms with Gasteiger partial charge < -0.3 is 15.0 Å². The van der Waals surface area contributed by atoms with Crippen molar-refractivity contribution < 1.29 is 4.74 Å². The molecule has 3 N–H and O–H groups in total. The van der Waals surface area contributed by atoms with Gasteiger partial charge in [0.1, 0.15) is 5.75 Å². The second-order valence-corrected chi connectivity index (χ2v) is 7.29. The summed E-state index contributed by atoms with van der Waals surface area (Å²) in [5.74, 6) is 0.819. The summed E-state index contributed by atoms with van der Waals surface area (Å²) in [7, 11) is 1.66. The van der Waals surface area contributed by atoms with E-state index in [1.165, 1.54) is 5.56 Å². The number of H-pyrrole nitrogens is 1. The molecule has 0 amide bonds. The Balaban J connectivity index is 1.57. The van der Waals surface area contributed by atoms with E-state index in [4.69, 9.17) is 17.0 Å². The van der Waals surface area contributed by atoms with Crippen LogP contribution in [-0.2, 0) is 0 Å².